The third-order valence-corrected chi connectivity index (χ3v) is 4.83. The number of nitrogens with one attached hydrogen (secondary N) is 2. The van der Waals surface area contributed by atoms with Crippen LogP contribution in [0.5, 0.6) is 0 Å². The van der Waals surface area contributed by atoms with E-state index in [0.29, 0.717) is 35.9 Å². The van der Waals surface area contributed by atoms with E-state index in [2.05, 4.69) is 20.7 Å². The van der Waals surface area contributed by atoms with Crippen molar-refractivity contribution in [2.75, 3.05) is 5.32 Å². The first-order valence-electron chi connectivity index (χ1n) is 8.29. The minimum atomic E-state index is 0.0673. The number of piperidine rings is 1. The summed E-state index contributed by atoms with van der Waals surface area (Å²) in [6, 6.07) is 6.76. The average Bonchev–Trinajstić information content (AvgIpc) is 3.18. The lowest BCUT2D eigenvalue weighted by atomic mass is 9.89. The van der Waals surface area contributed by atoms with Crippen LogP contribution >= 0.6 is 0 Å². The number of rotatable bonds is 4. The third-order valence-electron chi connectivity index (χ3n) is 4.83. The molecule has 0 aromatic carbocycles. The second kappa shape index (κ2) is 6.12. The summed E-state index contributed by atoms with van der Waals surface area (Å²) >= 11 is 0. The molecule has 6 nitrogen and oxygen atoms in total. The van der Waals surface area contributed by atoms with E-state index in [-0.39, 0.29) is 5.91 Å². The molecule has 4 rings (SSSR count). The van der Waals surface area contributed by atoms with Gasteiger partial charge in [0.1, 0.15) is 0 Å². The van der Waals surface area contributed by atoms with Crippen molar-refractivity contribution < 1.29 is 4.79 Å². The first-order valence-corrected chi connectivity index (χ1v) is 8.29. The predicted molar refractivity (Wildman–Crippen MR) is 87.3 cm³/mol. The normalized spacial score (nSPS) is 26.2. The maximum atomic E-state index is 12.4. The number of carbonyl (C=O) groups is 1. The van der Waals surface area contributed by atoms with Gasteiger partial charge in [-0.1, -0.05) is 0 Å². The molecule has 2 atom stereocenters. The van der Waals surface area contributed by atoms with Crippen molar-refractivity contribution in [1.82, 2.24) is 20.1 Å². The van der Waals surface area contributed by atoms with Gasteiger partial charge in [0.15, 0.2) is 5.82 Å². The Balaban J connectivity index is 1.43. The van der Waals surface area contributed by atoms with Crippen LogP contribution in [0.25, 0.3) is 5.82 Å². The number of aromatic nitrogens is 3. The van der Waals surface area contributed by atoms with Gasteiger partial charge in [-0.2, -0.15) is 5.10 Å². The van der Waals surface area contributed by atoms with Crippen molar-refractivity contribution in [1.29, 1.82) is 0 Å². The molecule has 2 fully saturated rings. The molecule has 2 aromatic rings. The molecule has 6 heteroatoms. The van der Waals surface area contributed by atoms with E-state index in [9.17, 15) is 4.79 Å². The van der Waals surface area contributed by atoms with Gasteiger partial charge in [-0.05, 0) is 49.8 Å². The number of hydrogen-bond donors (Lipinski definition) is 2. The number of nitrogens with zero attached hydrogens (tertiary/aromatic N) is 3. The van der Waals surface area contributed by atoms with Gasteiger partial charge >= 0.3 is 0 Å². The standard InChI is InChI=1S/C17H21N5O/c23-16(11-12-9-13-4-5-14(10-12)20-13)21-15-3-1-6-18-17(15)22-8-2-7-19-22/h1-3,6-8,12-14,20H,4-5,9-11H2,(H,21,23). The van der Waals surface area contributed by atoms with Gasteiger partial charge in [-0.25, -0.2) is 9.67 Å². The minimum absolute atomic E-state index is 0.0673. The molecule has 2 saturated heterocycles. The number of hydrogen-bond acceptors (Lipinski definition) is 4. The van der Waals surface area contributed by atoms with Crippen LogP contribution in [0.1, 0.15) is 32.1 Å². The zero-order valence-corrected chi connectivity index (χ0v) is 13.0. The van der Waals surface area contributed by atoms with Crippen LogP contribution in [0.4, 0.5) is 5.69 Å². The molecule has 0 spiro atoms. The zero-order valence-electron chi connectivity index (χ0n) is 13.0. The van der Waals surface area contributed by atoms with E-state index in [1.807, 2.05) is 24.4 Å². The van der Waals surface area contributed by atoms with Crippen molar-refractivity contribution in [3.05, 3.63) is 36.8 Å². The fourth-order valence-electron chi connectivity index (χ4n) is 3.88. The van der Waals surface area contributed by atoms with E-state index in [0.717, 1.165) is 12.8 Å². The Bertz CT molecular complexity index is 672. The fraction of sp³-hybridized carbons (Fsp3) is 0.471. The van der Waals surface area contributed by atoms with Gasteiger partial charge < -0.3 is 10.6 Å². The van der Waals surface area contributed by atoms with E-state index in [1.54, 1.807) is 17.1 Å². The second-order valence-corrected chi connectivity index (χ2v) is 6.55. The summed E-state index contributed by atoms with van der Waals surface area (Å²) in [5.74, 6) is 1.20. The molecule has 4 heterocycles. The molecule has 120 valence electrons. The van der Waals surface area contributed by atoms with Crippen molar-refractivity contribution in [2.24, 2.45) is 5.92 Å². The molecule has 2 unspecified atom stereocenters. The van der Waals surface area contributed by atoms with Crippen molar-refractivity contribution >= 4 is 11.6 Å². The van der Waals surface area contributed by atoms with Crippen LogP contribution < -0.4 is 10.6 Å². The Labute approximate surface area is 135 Å². The number of fused-ring (bicyclic) bond motifs is 2. The van der Waals surface area contributed by atoms with E-state index < -0.39 is 0 Å². The Kier molecular flexibility index (Phi) is 3.83. The highest BCUT2D eigenvalue weighted by Crippen LogP contribution is 2.32. The molecule has 2 N–H and O–H groups in total. The molecular formula is C17H21N5O. The molecule has 0 saturated carbocycles. The Morgan fingerprint density at radius 3 is 2.83 bits per heavy atom. The molecule has 0 aliphatic carbocycles. The molecule has 0 radical (unpaired) electrons. The molecule has 2 bridgehead atoms. The molecule has 23 heavy (non-hydrogen) atoms. The van der Waals surface area contributed by atoms with Gasteiger partial charge in [0.05, 0.1) is 5.69 Å². The lowest BCUT2D eigenvalue weighted by Gasteiger charge is -2.28. The maximum Gasteiger partial charge on any atom is 0.224 e. The van der Waals surface area contributed by atoms with E-state index in [1.165, 1.54) is 12.8 Å². The topological polar surface area (TPSA) is 71.8 Å². The van der Waals surface area contributed by atoms with Crippen LogP contribution in [-0.4, -0.2) is 32.8 Å². The highest BCUT2D eigenvalue weighted by molar-refractivity contribution is 5.92. The van der Waals surface area contributed by atoms with Crippen molar-refractivity contribution in [2.45, 2.75) is 44.2 Å². The lowest BCUT2D eigenvalue weighted by molar-refractivity contribution is -0.117. The lowest BCUT2D eigenvalue weighted by Crippen LogP contribution is -2.39. The highest BCUT2D eigenvalue weighted by Gasteiger charge is 2.34. The summed E-state index contributed by atoms with van der Waals surface area (Å²) in [6.45, 7) is 0. The third kappa shape index (κ3) is 3.12. The average molecular weight is 311 g/mol. The predicted octanol–water partition coefficient (Wildman–Crippen LogP) is 2.13. The van der Waals surface area contributed by atoms with Gasteiger partial charge in [-0.3, -0.25) is 4.79 Å². The Hall–Kier alpha value is -2.21. The van der Waals surface area contributed by atoms with Crippen LogP contribution in [0.3, 0.4) is 0 Å². The van der Waals surface area contributed by atoms with Crippen LogP contribution in [0, 0.1) is 5.92 Å². The monoisotopic (exact) mass is 311 g/mol. The molecule has 2 aromatic heterocycles. The fourth-order valence-corrected chi connectivity index (χ4v) is 3.88. The SMILES string of the molecule is O=C(CC1CC2CCC(C1)N2)Nc1cccnc1-n1cccn1. The van der Waals surface area contributed by atoms with Gasteiger partial charge in [-0.15, -0.1) is 0 Å². The number of anilines is 1. The molecule has 2 aliphatic rings. The van der Waals surface area contributed by atoms with Crippen LogP contribution in [0.15, 0.2) is 36.8 Å². The summed E-state index contributed by atoms with van der Waals surface area (Å²) in [6.07, 6.45) is 10.6. The second-order valence-electron chi connectivity index (χ2n) is 6.55. The Morgan fingerprint density at radius 1 is 1.26 bits per heavy atom. The van der Waals surface area contributed by atoms with E-state index in [4.69, 9.17) is 0 Å². The quantitative estimate of drug-likeness (QED) is 0.907. The molecule has 1 amide bonds. The van der Waals surface area contributed by atoms with Crippen LogP contribution in [0.2, 0.25) is 0 Å². The number of amides is 1. The van der Waals surface area contributed by atoms with Crippen molar-refractivity contribution in [3.63, 3.8) is 0 Å². The molecule has 2 aliphatic heterocycles. The first kappa shape index (κ1) is 14.4. The number of pyridine rings is 1. The number of carbonyl (C=O) groups excluding carboxylic acids is 1. The minimum Gasteiger partial charge on any atom is -0.323 e. The highest BCUT2D eigenvalue weighted by atomic mass is 16.1. The summed E-state index contributed by atoms with van der Waals surface area (Å²) in [4.78, 5) is 16.8. The van der Waals surface area contributed by atoms with Crippen molar-refractivity contribution in [3.8, 4) is 5.82 Å². The summed E-state index contributed by atoms with van der Waals surface area (Å²) in [5.41, 5.74) is 0.707. The summed E-state index contributed by atoms with van der Waals surface area (Å²) in [5, 5.41) is 10.8. The molecular weight excluding hydrogens is 290 g/mol. The van der Waals surface area contributed by atoms with Gasteiger partial charge in [0, 0.05) is 37.1 Å². The van der Waals surface area contributed by atoms with Gasteiger partial charge in [0.25, 0.3) is 0 Å². The summed E-state index contributed by atoms with van der Waals surface area (Å²) in [7, 11) is 0. The van der Waals surface area contributed by atoms with Gasteiger partial charge in [0.2, 0.25) is 5.91 Å². The Morgan fingerprint density at radius 2 is 2.09 bits per heavy atom. The summed E-state index contributed by atoms with van der Waals surface area (Å²) < 4.78 is 1.67. The first-order chi connectivity index (χ1) is 11.3. The zero-order chi connectivity index (χ0) is 15.6. The largest absolute Gasteiger partial charge is 0.323 e. The van der Waals surface area contributed by atoms with Crippen LogP contribution in [-0.2, 0) is 4.79 Å². The smallest absolute Gasteiger partial charge is 0.224 e. The maximum absolute atomic E-state index is 12.4. The van der Waals surface area contributed by atoms with E-state index >= 15 is 0 Å².